The van der Waals surface area contributed by atoms with Crippen molar-refractivity contribution in [3.05, 3.63) is 62.8 Å². The Balaban J connectivity index is 1.98. The zero-order chi connectivity index (χ0) is 13.7. The summed E-state index contributed by atoms with van der Waals surface area (Å²) in [6.07, 6.45) is 4.67. The van der Waals surface area contributed by atoms with Crippen molar-refractivity contribution in [2.75, 3.05) is 0 Å². The topological polar surface area (TPSA) is 54.4 Å². The van der Waals surface area contributed by atoms with Crippen LogP contribution in [-0.2, 0) is 0 Å². The minimum atomic E-state index is -0.304. The molecule has 1 aromatic carbocycles. The monoisotopic (exact) mass is 381 g/mol. The van der Waals surface area contributed by atoms with Gasteiger partial charge in [-0.25, -0.2) is 5.43 Å². The SMILES string of the molecule is O=C(N/N=C/c1ccc(Br)cc1)c1cncc(Br)c1. The number of carbonyl (C=O) groups is 1. The van der Waals surface area contributed by atoms with Gasteiger partial charge in [0.1, 0.15) is 0 Å². The van der Waals surface area contributed by atoms with Crippen molar-refractivity contribution in [1.29, 1.82) is 0 Å². The number of pyridine rings is 1. The Morgan fingerprint density at radius 3 is 2.58 bits per heavy atom. The van der Waals surface area contributed by atoms with Crippen molar-refractivity contribution in [1.82, 2.24) is 10.4 Å². The van der Waals surface area contributed by atoms with Crippen molar-refractivity contribution in [2.24, 2.45) is 5.10 Å². The first kappa shape index (κ1) is 13.9. The lowest BCUT2D eigenvalue weighted by molar-refractivity contribution is 0.0954. The van der Waals surface area contributed by atoms with E-state index in [1.807, 2.05) is 24.3 Å². The number of nitrogens with zero attached hydrogens (tertiary/aromatic N) is 2. The van der Waals surface area contributed by atoms with Gasteiger partial charge in [0.25, 0.3) is 5.91 Å². The zero-order valence-electron chi connectivity index (χ0n) is 9.68. The van der Waals surface area contributed by atoms with E-state index in [2.05, 4.69) is 47.4 Å². The summed E-state index contributed by atoms with van der Waals surface area (Å²) in [5.41, 5.74) is 3.79. The molecule has 96 valence electrons. The molecule has 0 atom stereocenters. The average molecular weight is 383 g/mol. The molecule has 0 radical (unpaired) electrons. The van der Waals surface area contributed by atoms with Crippen LogP contribution in [0, 0.1) is 0 Å². The fourth-order valence-electron chi connectivity index (χ4n) is 1.31. The molecule has 1 amide bonds. The number of halogens is 2. The molecule has 2 aromatic rings. The number of carbonyl (C=O) groups excluding carboxylic acids is 1. The molecule has 0 spiro atoms. The lowest BCUT2D eigenvalue weighted by atomic mass is 10.2. The molecular weight excluding hydrogens is 374 g/mol. The van der Waals surface area contributed by atoms with Crippen molar-refractivity contribution >= 4 is 44.0 Å². The molecule has 2 rings (SSSR count). The standard InChI is InChI=1S/C13H9Br2N3O/c14-11-3-1-9(2-4-11)6-17-18-13(19)10-5-12(15)8-16-7-10/h1-8H,(H,18,19)/b17-6+. The number of nitrogens with one attached hydrogen (secondary N) is 1. The first-order chi connectivity index (χ1) is 9.15. The molecular formula is C13H9Br2N3O. The smallest absolute Gasteiger partial charge is 0.267 e. The molecule has 1 heterocycles. The fraction of sp³-hybridized carbons (Fsp3) is 0. The van der Waals surface area contributed by atoms with Gasteiger partial charge in [0, 0.05) is 21.3 Å². The highest BCUT2D eigenvalue weighted by atomic mass is 79.9. The molecule has 0 aliphatic carbocycles. The second-order valence-corrected chi connectivity index (χ2v) is 5.47. The summed E-state index contributed by atoms with van der Waals surface area (Å²) in [6.45, 7) is 0. The van der Waals surface area contributed by atoms with E-state index in [1.54, 1.807) is 18.5 Å². The summed E-state index contributed by atoms with van der Waals surface area (Å²) in [4.78, 5) is 15.7. The van der Waals surface area contributed by atoms with Gasteiger partial charge in [-0.1, -0.05) is 28.1 Å². The van der Waals surface area contributed by atoms with E-state index in [9.17, 15) is 4.79 Å². The van der Waals surface area contributed by atoms with E-state index in [4.69, 9.17) is 0 Å². The number of hydrogen-bond donors (Lipinski definition) is 1. The Hall–Kier alpha value is -1.53. The Labute approximate surface area is 127 Å². The molecule has 0 saturated carbocycles. The first-order valence-corrected chi connectivity index (χ1v) is 6.93. The van der Waals surface area contributed by atoms with Crippen molar-refractivity contribution in [3.8, 4) is 0 Å². The first-order valence-electron chi connectivity index (χ1n) is 5.35. The molecule has 1 aromatic heterocycles. The molecule has 0 aliphatic rings. The minimum Gasteiger partial charge on any atom is -0.267 e. The lowest BCUT2D eigenvalue weighted by Crippen LogP contribution is -2.17. The summed E-state index contributed by atoms with van der Waals surface area (Å²) in [5.74, 6) is -0.304. The Morgan fingerprint density at radius 2 is 1.89 bits per heavy atom. The maximum atomic E-state index is 11.7. The van der Waals surface area contributed by atoms with Gasteiger partial charge in [-0.05, 0) is 39.7 Å². The normalized spacial score (nSPS) is 10.6. The molecule has 0 fully saturated rings. The Morgan fingerprint density at radius 1 is 1.16 bits per heavy atom. The maximum Gasteiger partial charge on any atom is 0.272 e. The Bertz CT molecular complexity index is 612. The van der Waals surface area contributed by atoms with Gasteiger partial charge in [-0.2, -0.15) is 5.10 Å². The average Bonchev–Trinajstić information content (AvgIpc) is 2.41. The third-order valence-corrected chi connectivity index (χ3v) is 3.18. The van der Waals surface area contributed by atoms with Crippen LogP contribution < -0.4 is 5.43 Å². The van der Waals surface area contributed by atoms with Crippen LogP contribution in [0.5, 0.6) is 0 Å². The van der Waals surface area contributed by atoms with Crippen molar-refractivity contribution < 1.29 is 4.79 Å². The van der Waals surface area contributed by atoms with E-state index in [0.717, 1.165) is 14.5 Å². The highest BCUT2D eigenvalue weighted by Crippen LogP contribution is 2.10. The van der Waals surface area contributed by atoms with Gasteiger partial charge >= 0.3 is 0 Å². The van der Waals surface area contributed by atoms with Crippen LogP contribution in [0.4, 0.5) is 0 Å². The fourth-order valence-corrected chi connectivity index (χ4v) is 1.94. The highest BCUT2D eigenvalue weighted by molar-refractivity contribution is 9.10. The highest BCUT2D eigenvalue weighted by Gasteiger charge is 2.04. The van der Waals surface area contributed by atoms with Gasteiger partial charge in [0.15, 0.2) is 0 Å². The van der Waals surface area contributed by atoms with Crippen LogP contribution in [0.1, 0.15) is 15.9 Å². The lowest BCUT2D eigenvalue weighted by Gasteiger charge is -1.99. The summed E-state index contributed by atoms with van der Waals surface area (Å²) < 4.78 is 1.74. The number of benzene rings is 1. The number of hydrogen-bond acceptors (Lipinski definition) is 3. The van der Waals surface area contributed by atoms with E-state index < -0.39 is 0 Å². The zero-order valence-corrected chi connectivity index (χ0v) is 12.8. The third kappa shape index (κ3) is 4.25. The van der Waals surface area contributed by atoms with Crippen LogP contribution in [0.15, 0.2) is 56.8 Å². The molecule has 1 N–H and O–H groups in total. The summed E-state index contributed by atoms with van der Waals surface area (Å²) in [5, 5.41) is 3.89. The molecule has 4 nitrogen and oxygen atoms in total. The molecule has 0 saturated heterocycles. The predicted octanol–water partition coefficient (Wildman–Crippen LogP) is 3.37. The number of rotatable bonds is 3. The number of hydrazone groups is 1. The van der Waals surface area contributed by atoms with Crippen LogP contribution in [0.3, 0.4) is 0 Å². The van der Waals surface area contributed by atoms with E-state index in [0.29, 0.717) is 5.56 Å². The maximum absolute atomic E-state index is 11.7. The summed E-state index contributed by atoms with van der Waals surface area (Å²) in [6, 6.07) is 9.26. The molecule has 0 bridgehead atoms. The minimum absolute atomic E-state index is 0.304. The van der Waals surface area contributed by atoms with Crippen molar-refractivity contribution in [3.63, 3.8) is 0 Å². The quantitative estimate of drug-likeness (QED) is 0.653. The van der Waals surface area contributed by atoms with Crippen LogP contribution >= 0.6 is 31.9 Å². The second-order valence-electron chi connectivity index (χ2n) is 3.64. The van der Waals surface area contributed by atoms with E-state index >= 15 is 0 Å². The largest absolute Gasteiger partial charge is 0.272 e. The number of amides is 1. The summed E-state index contributed by atoms with van der Waals surface area (Å²) in [7, 11) is 0. The van der Waals surface area contributed by atoms with Crippen LogP contribution in [0.2, 0.25) is 0 Å². The molecule has 0 unspecified atom stereocenters. The van der Waals surface area contributed by atoms with Crippen LogP contribution in [-0.4, -0.2) is 17.1 Å². The Kier molecular flexibility index (Phi) is 4.81. The van der Waals surface area contributed by atoms with E-state index in [1.165, 1.54) is 6.20 Å². The van der Waals surface area contributed by atoms with Gasteiger partial charge in [-0.3, -0.25) is 9.78 Å². The summed E-state index contributed by atoms with van der Waals surface area (Å²) >= 11 is 6.61. The van der Waals surface area contributed by atoms with Crippen molar-refractivity contribution in [2.45, 2.75) is 0 Å². The molecule has 6 heteroatoms. The van der Waals surface area contributed by atoms with E-state index in [-0.39, 0.29) is 5.91 Å². The van der Waals surface area contributed by atoms with Gasteiger partial charge in [-0.15, -0.1) is 0 Å². The second kappa shape index (κ2) is 6.58. The van der Waals surface area contributed by atoms with Gasteiger partial charge in [0.05, 0.1) is 11.8 Å². The van der Waals surface area contributed by atoms with Crippen LogP contribution in [0.25, 0.3) is 0 Å². The van der Waals surface area contributed by atoms with Gasteiger partial charge in [0.2, 0.25) is 0 Å². The third-order valence-electron chi connectivity index (χ3n) is 2.22. The molecule has 0 aliphatic heterocycles. The number of aromatic nitrogens is 1. The van der Waals surface area contributed by atoms with Gasteiger partial charge < -0.3 is 0 Å². The molecule has 19 heavy (non-hydrogen) atoms. The predicted molar refractivity (Wildman–Crippen MR) is 81.1 cm³/mol.